The van der Waals surface area contributed by atoms with Crippen LogP contribution >= 0.6 is 0 Å². The highest BCUT2D eigenvalue weighted by molar-refractivity contribution is 5.80. The summed E-state index contributed by atoms with van der Waals surface area (Å²) in [4.78, 5) is 25.5. The van der Waals surface area contributed by atoms with Crippen LogP contribution in [0.25, 0.3) is 0 Å². The Kier molecular flexibility index (Phi) is 4.76. The molecule has 0 bridgehead atoms. The predicted molar refractivity (Wildman–Crippen MR) is 94.6 cm³/mol. The number of aliphatic carboxylic acids is 1. The molecule has 0 unspecified atom stereocenters. The van der Waals surface area contributed by atoms with E-state index in [9.17, 15) is 14.7 Å². The van der Waals surface area contributed by atoms with E-state index in [4.69, 9.17) is 4.74 Å². The number of ether oxygens (including phenoxy) is 1. The van der Waals surface area contributed by atoms with Crippen LogP contribution in [-0.4, -0.2) is 41.6 Å². The summed E-state index contributed by atoms with van der Waals surface area (Å²) in [6, 6.07) is 7.79. The Labute approximate surface area is 149 Å². The highest BCUT2D eigenvalue weighted by Crippen LogP contribution is 2.44. The second kappa shape index (κ2) is 6.70. The van der Waals surface area contributed by atoms with Crippen LogP contribution < -0.4 is 4.74 Å². The molecule has 1 saturated heterocycles. The predicted octanol–water partition coefficient (Wildman–Crippen LogP) is 2.93. The van der Waals surface area contributed by atoms with Gasteiger partial charge in [-0.15, -0.1) is 0 Å². The number of nitrogens with zero attached hydrogens (tertiary/aromatic N) is 1. The molecule has 1 aromatic rings. The lowest BCUT2D eigenvalue weighted by molar-refractivity contribution is -0.142. The van der Waals surface area contributed by atoms with E-state index in [-0.39, 0.29) is 23.8 Å². The smallest absolute Gasteiger partial charge is 0.308 e. The Morgan fingerprint density at radius 2 is 1.80 bits per heavy atom. The highest BCUT2D eigenvalue weighted by atomic mass is 16.5. The monoisotopic (exact) mass is 345 g/mol. The molecule has 1 aromatic carbocycles. The maximum Gasteiger partial charge on any atom is 0.308 e. The lowest BCUT2D eigenvalue weighted by atomic mass is 9.87. The topological polar surface area (TPSA) is 66.8 Å². The molecule has 25 heavy (non-hydrogen) atoms. The zero-order valence-corrected chi connectivity index (χ0v) is 15.2. The molecule has 2 aliphatic rings. The number of rotatable bonds is 5. The lowest BCUT2D eigenvalue weighted by Gasteiger charge is -2.19. The first-order valence-electron chi connectivity index (χ1n) is 8.99. The van der Waals surface area contributed by atoms with Crippen LogP contribution in [0.1, 0.15) is 39.2 Å². The van der Waals surface area contributed by atoms with Gasteiger partial charge in [0.05, 0.1) is 5.92 Å². The number of carboxylic acids is 1. The van der Waals surface area contributed by atoms with E-state index in [1.54, 1.807) is 4.90 Å². The summed E-state index contributed by atoms with van der Waals surface area (Å²) in [6.07, 6.45) is 2.18. The number of likely N-dealkylation sites (tertiary alicyclic amines) is 1. The van der Waals surface area contributed by atoms with Crippen LogP contribution in [0.15, 0.2) is 24.3 Å². The largest absolute Gasteiger partial charge is 0.484 e. The average Bonchev–Trinajstić information content (AvgIpc) is 3.30. The van der Waals surface area contributed by atoms with Gasteiger partial charge >= 0.3 is 5.97 Å². The van der Waals surface area contributed by atoms with Crippen molar-refractivity contribution in [1.29, 1.82) is 0 Å². The van der Waals surface area contributed by atoms with Gasteiger partial charge in [0, 0.05) is 13.1 Å². The highest BCUT2D eigenvalue weighted by Gasteiger charge is 2.46. The van der Waals surface area contributed by atoms with Crippen molar-refractivity contribution in [2.75, 3.05) is 19.7 Å². The molecule has 2 fully saturated rings. The van der Waals surface area contributed by atoms with Crippen molar-refractivity contribution in [1.82, 2.24) is 4.90 Å². The first kappa shape index (κ1) is 17.8. The minimum Gasteiger partial charge on any atom is -0.484 e. The molecule has 1 heterocycles. The molecule has 1 aliphatic carbocycles. The van der Waals surface area contributed by atoms with Crippen molar-refractivity contribution in [3.63, 3.8) is 0 Å². The third kappa shape index (κ3) is 4.14. The number of carbonyl (C=O) groups excluding carboxylic acids is 1. The molecule has 0 spiro atoms. The van der Waals surface area contributed by atoms with Gasteiger partial charge in [-0.05, 0) is 47.8 Å². The van der Waals surface area contributed by atoms with Crippen LogP contribution in [0.2, 0.25) is 0 Å². The quantitative estimate of drug-likeness (QED) is 0.891. The molecule has 1 amide bonds. The van der Waals surface area contributed by atoms with Crippen molar-refractivity contribution >= 4 is 11.9 Å². The summed E-state index contributed by atoms with van der Waals surface area (Å²) >= 11 is 0. The number of benzene rings is 1. The second-order valence-electron chi connectivity index (χ2n) is 8.31. The third-order valence-corrected chi connectivity index (χ3v) is 5.35. The van der Waals surface area contributed by atoms with Gasteiger partial charge in [-0.1, -0.05) is 32.9 Å². The molecule has 1 aliphatic heterocycles. The minimum atomic E-state index is -0.786. The maximum absolute atomic E-state index is 12.4. The van der Waals surface area contributed by atoms with E-state index in [2.05, 4.69) is 20.8 Å². The van der Waals surface area contributed by atoms with Crippen LogP contribution in [0, 0.1) is 17.8 Å². The fraction of sp³-hybridized carbons (Fsp3) is 0.600. The van der Waals surface area contributed by atoms with Crippen molar-refractivity contribution < 1.29 is 19.4 Å². The van der Waals surface area contributed by atoms with Crippen molar-refractivity contribution in [3.05, 3.63) is 29.8 Å². The van der Waals surface area contributed by atoms with Crippen LogP contribution in [0.4, 0.5) is 0 Å². The van der Waals surface area contributed by atoms with Gasteiger partial charge in [-0.2, -0.15) is 0 Å². The fourth-order valence-corrected chi connectivity index (χ4v) is 3.58. The summed E-state index contributed by atoms with van der Waals surface area (Å²) in [5.41, 5.74) is 1.29. The molecule has 1 N–H and O–H groups in total. The van der Waals surface area contributed by atoms with Gasteiger partial charge in [0.2, 0.25) is 0 Å². The van der Waals surface area contributed by atoms with Gasteiger partial charge in [0.1, 0.15) is 5.75 Å². The van der Waals surface area contributed by atoms with E-state index in [0.29, 0.717) is 24.8 Å². The maximum atomic E-state index is 12.4. The number of amides is 1. The van der Waals surface area contributed by atoms with E-state index in [0.717, 1.165) is 12.8 Å². The van der Waals surface area contributed by atoms with E-state index in [1.165, 1.54) is 5.56 Å². The Bertz CT molecular complexity index is 643. The molecule has 1 saturated carbocycles. The number of hydrogen-bond acceptors (Lipinski definition) is 3. The van der Waals surface area contributed by atoms with Gasteiger partial charge in [-0.3, -0.25) is 9.59 Å². The standard InChI is InChI=1S/C20H27NO4/c1-20(2,3)14-6-8-15(9-7-14)25-12-18(22)21-10-16(13-4-5-13)17(11-21)19(23)24/h6-9,13,16-17H,4-5,10-12H2,1-3H3,(H,23,24)/t16-,17+/m1/s1. The lowest BCUT2D eigenvalue weighted by Crippen LogP contribution is -2.33. The summed E-state index contributed by atoms with van der Waals surface area (Å²) in [5, 5.41) is 9.39. The summed E-state index contributed by atoms with van der Waals surface area (Å²) < 4.78 is 5.62. The van der Waals surface area contributed by atoms with Gasteiger partial charge in [0.15, 0.2) is 6.61 Å². The molecular weight excluding hydrogens is 318 g/mol. The SMILES string of the molecule is CC(C)(C)c1ccc(OCC(=O)N2C[C@H](C(=O)O)[C@@H](C3CC3)C2)cc1. The Balaban J connectivity index is 1.55. The van der Waals surface area contributed by atoms with Gasteiger partial charge in [-0.25, -0.2) is 0 Å². The number of hydrogen-bond donors (Lipinski definition) is 1. The van der Waals surface area contributed by atoms with Crippen LogP contribution in [0.5, 0.6) is 5.75 Å². The first-order valence-corrected chi connectivity index (χ1v) is 8.99. The Morgan fingerprint density at radius 1 is 1.16 bits per heavy atom. The van der Waals surface area contributed by atoms with E-state index >= 15 is 0 Å². The van der Waals surface area contributed by atoms with Gasteiger partial charge in [0.25, 0.3) is 5.91 Å². The second-order valence-corrected chi connectivity index (χ2v) is 8.31. The molecule has 136 valence electrons. The van der Waals surface area contributed by atoms with E-state index in [1.807, 2.05) is 24.3 Å². The van der Waals surface area contributed by atoms with Crippen molar-refractivity contribution in [3.8, 4) is 5.75 Å². The molecule has 5 heteroatoms. The van der Waals surface area contributed by atoms with Crippen molar-refractivity contribution in [2.24, 2.45) is 17.8 Å². The molecule has 5 nitrogen and oxygen atoms in total. The molecule has 2 atom stereocenters. The zero-order valence-electron chi connectivity index (χ0n) is 15.2. The average molecular weight is 345 g/mol. The van der Waals surface area contributed by atoms with E-state index < -0.39 is 11.9 Å². The Hall–Kier alpha value is -2.04. The molecule has 0 radical (unpaired) electrons. The summed E-state index contributed by atoms with van der Waals surface area (Å²) in [7, 11) is 0. The first-order chi connectivity index (χ1) is 11.8. The molecule has 0 aromatic heterocycles. The third-order valence-electron chi connectivity index (χ3n) is 5.35. The summed E-state index contributed by atoms with van der Waals surface area (Å²) in [6.45, 7) is 7.26. The number of carboxylic acid groups (broad SMARTS) is 1. The van der Waals surface area contributed by atoms with Crippen molar-refractivity contribution in [2.45, 2.75) is 39.0 Å². The molecule has 3 rings (SSSR count). The number of carbonyl (C=O) groups is 2. The zero-order chi connectivity index (χ0) is 18.2. The minimum absolute atomic E-state index is 0.0431. The van der Waals surface area contributed by atoms with Gasteiger partial charge < -0.3 is 14.7 Å². The Morgan fingerprint density at radius 3 is 2.32 bits per heavy atom. The fourth-order valence-electron chi connectivity index (χ4n) is 3.58. The molecular formula is C20H27NO4. The normalized spacial score (nSPS) is 23.6. The van der Waals surface area contributed by atoms with Crippen LogP contribution in [-0.2, 0) is 15.0 Å². The van der Waals surface area contributed by atoms with Crippen LogP contribution in [0.3, 0.4) is 0 Å². The summed E-state index contributed by atoms with van der Waals surface area (Å²) in [5.74, 6) is -0.103.